The van der Waals surface area contributed by atoms with E-state index < -0.39 is 0 Å². The summed E-state index contributed by atoms with van der Waals surface area (Å²) < 4.78 is 5.46. The molecular formula is C26H36N2O2. The highest BCUT2D eigenvalue weighted by molar-refractivity contribution is 6.04. The second-order valence-electron chi connectivity index (χ2n) is 10.4. The van der Waals surface area contributed by atoms with Crippen LogP contribution in [0, 0.1) is 0 Å². The first-order valence-corrected chi connectivity index (χ1v) is 10.8. The Bertz CT molecular complexity index is 856. The number of benzene rings is 2. The molecule has 0 aromatic heterocycles. The largest absolute Gasteiger partial charge is 0.380 e. The first-order chi connectivity index (χ1) is 14.0. The van der Waals surface area contributed by atoms with Gasteiger partial charge in [0.2, 0.25) is 0 Å². The van der Waals surface area contributed by atoms with Crippen LogP contribution in [0.5, 0.6) is 0 Å². The molecule has 0 aliphatic carbocycles. The first-order valence-electron chi connectivity index (χ1n) is 10.8. The minimum atomic E-state index is -0.0695. The molecule has 30 heavy (non-hydrogen) atoms. The SMILES string of the molecule is COC1CCN(c2ccc(NC(=O)c3cc(C(C)(C)C)cc(C(C)(C)C)c3)cc2)C1. The molecule has 2 aromatic carbocycles. The molecule has 1 atom stereocenters. The molecule has 1 aliphatic rings. The van der Waals surface area contributed by atoms with Crippen LogP contribution in [0.4, 0.5) is 11.4 Å². The lowest BCUT2D eigenvalue weighted by molar-refractivity contribution is 0.102. The Kier molecular flexibility index (Phi) is 6.28. The van der Waals surface area contributed by atoms with E-state index in [0.29, 0.717) is 11.7 Å². The van der Waals surface area contributed by atoms with Crippen molar-refractivity contribution in [2.24, 2.45) is 0 Å². The van der Waals surface area contributed by atoms with E-state index in [0.717, 1.165) is 30.9 Å². The second-order valence-corrected chi connectivity index (χ2v) is 10.4. The highest BCUT2D eigenvalue weighted by Crippen LogP contribution is 2.31. The van der Waals surface area contributed by atoms with E-state index in [2.05, 4.69) is 70.0 Å². The van der Waals surface area contributed by atoms with Gasteiger partial charge in [-0.25, -0.2) is 0 Å². The number of carbonyl (C=O) groups excluding carboxylic acids is 1. The molecular weight excluding hydrogens is 372 g/mol. The normalized spacial score (nSPS) is 17.3. The average molecular weight is 409 g/mol. The van der Waals surface area contributed by atoms with E-state index >= 15 is 0 Å². The van der Waals surface area contributed by atoms with Gasteiger partial charge in [0.05, 0.1) is 6.10 Å². The Labute approximate surface area is 181 Å². The van der Waals surface area contributed by atoms with Crippen LogP contribution in [0.15, 0.2) is 42.5 Å². The van der Waals surface area contributed by atoms with Gasteiger partial charge < -0.3 is 15.0 Å². The number of ether oxygens (including phenoxy) is 1. The number of carbonyl (C=O) groups is 1. The molecule has 0 radical (unpaired) electrons. The van der Waals surface area contributed by atoms with Crippen LogP contribution in [0.3, 0.4) is 0 Å². The Morgan fingerprint density at radius 2 is 1.53 bits per heavy atom. The fourth-order valence-electron chi connectivity index (χ4n) is 3.74. The summed E-state index contributed by atoms with van der Waals surface area (Å²) in [6, 6.07) is 14.4. The van der Waals surface area contributed by atoms with Gasteiger partial charge in [-0.15, -0.1) is 0 Å². The molecule has 1 heterocycles. The van der Waals surface area contributed by atoms with Crippen LogP contribution >= 0.6 is 0 Å². The minimum Gasteiger partial charge on any atom is -0.380 e. The minimum absolute atomic E-state index is 0.0201. The van der Waals surface area contributed by atoms with Crippen LogP contribution in [-0.2, 0) is 15.6 Å². The summed E-state index contributed by atoms with van der Waals surface area (Å²) in [7, 11) is 1.77. The maximum absolute atomic E-state index is 13.1. The summed E-state index contributed by atoms with van der Waals surface area (Å²) in [5, 5.41) is 3.07. The quantitative estimate of drug-likeness (QED) is 0.699. The highest BCUT2D eigenvalue weighted by Gasteiger charge is 2.23. The van der Waals surface area contributed by atoms with Gasteiger partial charge in [0.25, 0.3) is 5.91 Å². The Balaban J connectivity index is 1.78. The van der Waals surface area contributed by atoms with E-state index in [4.69, 9.17) is 4.74 Å². The molecule has 1 aliphatic heterocycles. The topological polar surface area (TPSA) is 41.6 Å². The fourth-order valence-corrected chi connectivity index (χ4v) is 3.74. The summed E-state index contributed by atoms with van der Waals surface area (Å²) in [6.45, 7) is 15.0. The summed E-state index contributed by atoms with van der Waals surface area (Å²) in [5.74, 6) is -0.0695. The Hall–Kier alpha value is -2.33. The van der Waals surface area contributed by atoms with Gasteiger partial charge in [-0.1, -0.05) is 47.6 Å². The maximum Gasteiger partial charge on any atom is 0.255 e. The van der Waals surface area contributed by atoms with Gasteiger partial charge >= 0.3 is 0 Å². The van der Waals surface area contributed by atoms with Gasteiger partial charge in [-0.3, -0.25) is 4.79 Å². The lowest BCUT2D eigenvalue weighted by Gasteiger charge is -2.26. The van der Waals surface area contributed by atoms with Crippen molar-refractivity contribution in [1.29, 1.82) is 0 Å². The zero-order valence-corrected chi connectivity index (χ0v) is 19.5. The lowest BCUT2D eigenvalue weighted by atomic mass is 9.79. The lowest BCUT2D eigenvalue weighted by Crippen LogP contribution is -2.22. The molecule has 3 rings (SSSR count). The van der Waals surface area contributed by atoms with E-state index in [1.165, 1.54) is 11.1 Å². The molecule has 4 heteroatoms. The summed E-state index contributed by atoms with van der Waals surface area (Å²) in [4.78, 5) is 15.4. The third kappa shape index (κ3) is 5.23. The predicted octanol–water partition coefficient (Wildman–Crippen LogP) is 5.76. The van der Waals surface area contributed by atoms with Crippen molar-refractivity contribution in [2.75, 3.05) is 30.4 Å². The van der Waals surface area contributed by atoms with Crippen molar-refractivity contribution in [3.05, 3.63) is 59.2 Å². The van der Waals surface area contributed by atoms with E-state index in [-0.39, 0.29) is 16.7 Å². The van der Waals surface area contributed by atoms with Gasteiger partial charge in [0.1, 0.15) is 0 Å². The van der Waals surface area contributed by atoms with Crippen molar-refractivity contribution >= 4 is 17.3 Å². The van der Waals surface area contributed by atoms with Crippen LogP contribution in [0.1, 0.15) is 69.4 Å². The Morgan fingerprint density at radius 3 is 2.00 bits per heavy atom. The number of hydrogen-bond donors (Lipinski definition) is 1. The van der Waals surface area contributed by atoms with Gasteiger partial charge in [0, 0.05) is 37.1 Å². The van der Waals surface area contributed by atoms with Crippen molar-refractivity contribution in [1.82, 2.24) is 0 Å². The molecule has 2 aromatic rings. The summed E-state index contributed by atoms with van der Waals surface area (Å²) in [5.41, 5.74) is 5.00. The van der Waals surface area contributed by atoms with Crippen LogP contribution < -0.4 is 10.2 Å². The molecule has 1 fully saturated rings. The zero-order valence-electron chi connectivity index (χ0n) is 19.5. The molecule has 0 spiro atoms. The molecule has 162 valence electrons. The van der Waals surface area contributed by atoms with Gasteiger partial charge in [0.15, 0.2) is 0 Å². The molecule has 1 amide bonds. The van der Waals surface area contributed by atoms with Crippen LogP contribution in [0.25, 0.3) is 0 Å². The number of amides is 1. The number of methoxy groups -OCH3 is 1. The Morgan fingerprint density at radius 1 is 0.967 bits per heavy atom. The molecule has 1 saturated heterocycles. The fraction of sp³-hybridized carbons (Fsp3) is 0.500. The molecule has 1 unspecified atom stereocenters. The first kappa shape index (κ1) is 22.4. The maximum atomic E-state index is 13.1. The van der Waals surface area contributed by atoms with E-state index in [9.17, 15) is 4.79 Å². The van der Waals surface area contributed by atoms with Gasteiger partial charge in [-0.05, 0) is 64.8 Å². The number of anilines is 2. The molecule has 0 saturated carbocycles. The van der Waals surface area contributed by atoms with Crippen molar-refractivity contribution in [3.63, 3.8) is 0 Å². The number of nitrogens with one attached hydrogen (secondary N) is 1. The monoisotopic (exact) mass is 408 g/mol. The van der Waals surface area contributed by atoms with E-state index in [1.807, 2.05) is 24.3 Å². The molecule has 1 N–H and O–H groups in total. The van der Waals surface area contributed by atoms with Crippen LogP contribution in [-0.4, -0.2) is 32.2 Å². The van der Waals surface area contributed by atoms with Gasteiger partial charge in [-0.2, -0.15) is 0 Å². The van der Waals surface area contributed by atoms with Crippen molar-refractivity contribution < 1.29 is 9.53 Å². The molecule has 4 nitrogen and oxygen atoms in total. The zero-order chi connectivity index (χ0) is 22.1. The smallest absolute Gasteiger partial charge is 0.255 e. The standard InChI is InChI=1S/C26H36N2O2/c1-25(2,3)19-14-18(15-20(16-19)26(4,5)6)24(29)27-21-8-10-22(11-9-21)28-13-12-23(17-28)30-7/h8-11,14-16,23H,12-13,17H2,1-7H3,(H,27,29). The van der Waals surface area contributed by atoms with Crippen molar-refractivity contribution in [3.8, 4) is 0 Å². The van der Waals surface area contributed by atoms with Crippen LogP contribution in [0.2, 0.25) is 0 Å². The van der Waals surface area contributed by atoms with E-state index in [1.54, 1.807) is 7.11 Å². The summed E-state index contributed by atoms with van der Waals surface area (Å²) in [6.07, 6.45) is 1.35. The number of rotatable bonds is 4. The average Bonchev–Trinajstić information content (AvgIpc) is 3.16. The number of hydrogen-bond acceptors (Lipinski definition) is 3. The third-order valence-corrected chi connectivity index (χ3v) is 5.90. The predicted molar refractivity (Wildman–Crippen MR) is 126 cm³/mol. The van der Waals surface area contributed by atoms with Crippen molar-refractivity contribution in [2.45, 2.75) is 64.9 Å². The summed E-state index contributed by atoms with van der Waals surface area (Å²) >= 11 is 0. The third-order valence-electron chi connectivity index (χ3n) is 5.90. The highest BCUT2D eigenvalue weighted by atomic mass is 16.5. The molecule has 0 bridgehead atoms. The second kappa shape index (κ2) is 8.43. The number of nitrogens with zero attached hydrogens (tertiary/aromatic N) is 1.